The molecule has 0 unspecified atom stereocenters. The van der Waals surface area contributed by atoms with Gasteiger partial charge >= 0.3 is 11.9 Å². The fourth-order valence-corrected chi connectivity index (χ4v) is 3.95. The van der Waals surface area contributed by atoms with Gasteiger partial charge in [-0.2, -0.15) is 0 Å². The van der Waals surface area contributed by atoms with Gasteiger partial charge in [-0.05, 0) is 59.2 Å². The highest BCUT2D eigenvalue weighted by Gasteiger charge is 2.24. The van der Waals surface area contributed by atoms with Crippen molar-refractivity contribution in [2.45, 2.75) is 65.7 Å². The Bertz CT molecular complexity index is 821. The minimum Gasteiger partial charge on any atom is -0.478 e. The predicted molar refractivity (Wildman–Crippen MR) is 104 cm³/mol. The molecule has 2 rings (SSSR count). The average Bonchev–Trinajstić information content (AvgIpc) is 2.63. The zero-order valence-corrected chi connectivity index (χ0v) is 15.9. The van der Waals surface area contributed by atoms with E-state index in [1.807, 2.05) is 19.9 Å². The highest BCUT2D eigenvalue weighted by Crippen LogP contribution is 2.35. The number of fused-ring (bicyclic) bond motifs is 1. The van der Waals surface area contributed by atoms with Gasteiger partial charge in [0.25, 0.3) is 0 Å². The maximum Gasteiger partial charge on any atom is 0.336 e. The number of carboxylic acid groups (broad SMARTS) is 2. The lowest BCUT2D eigenvalue weighted by Crippen LogP contribution is -2.13. The maximum atomic E-state index is 12.1. The zero-order valence-electron chi connectivity index (χ0n) is 15.9. The molecule has 0 aromatic heterocycles. The number of aromatic carboxylic acids is 2. The summed E-state index contributed by atoms with van der Waals surface area (Å²) in [6.07, 6.45) is 6.05. The number of benzene rings is 2. The highest BCUT2D eigenvalue weighted by atomic mass is 16.4. The average molecular weight is 356 g/mol. The molecule has 2 aromatic carbocycles. The van der Waals surface area contributed by atoms with E-state index >= 15 is 0 Å². The van der Waals surface area contributed by atoms with Crippen molar-refractivity contribution in [2.75, 3.05) is 0 Å². The van der Waals surface area contributed by atoms with Crippen molar-refractivity contribution in [1.29, 1.82) is 0 Å². The van der Waals surface area contributed by atoms with Crippen molar-refractivity contribution in [3.63, 3.8) is 0 Å². The predicted octanol–water partition coefficient (Wildman–Crippen LogP) is 5.48. The second kappa shape index (κ2) is 8.84. The van der Waals surface area contributed by atoms with Gasteiger partial charge in [-0.3, -0.25) is 0 Å². The Balaban J connectivity index is 2.84. The zero-order chi connectivity index (χ0) is 19.3. The fourth-order valence-electron chi connectivity index (χ4n) is 3.95. The first kappa shape index (κ1) is 20.0. The molecular formula is C22H28O4. The maximum absolute atomic E-state index is 12.1. The second-order valence-corrected chi connectivity index (χ2v) is 6.67. The Morgan fingerprint density at radius 3 is 2.08 bits per heavy atom. The van der Waals surface area contributed by atoms with Gasteiger partial charge in [0.2, 0.25) is 0 Å². The van der Waals surface area contributed by atoms with Crippen LogP contribution in [0.25, 0.3) is 10.8 Å². The van der Waals surface area contributed by atoms with Gasteiger partial charge in [0.1, 0.15) is 0 Å². The minimum atomic E-state index is -0.965. The van der Waals surface area contributed by atoms with E-state index in [9.17, 15) is 19.8 Å². The summed E-state index contributed by atoms with van der Waals surface area (Å²) in [6.45, 7) is 6.04. The lowest BCUT2D eigenvalue weighted by Gasteiger charge is -2.20. The summed E-state index contributed by atoms with van der Waals surface area (Å²) in [6, 6.07) is 5.21. The lowest BCUT2D eigenvalue weighted by molar-refractivity contribution is 0.0686. The Labute approximate surface area is 154 Å². The van der Waals surface area contributed by atoms with Crippen LogP contribution in [0.15, 0.2) is 18.2 Å². The number of rotatable bonds is 9. The number of aryl methyl sites for hydroxylation is 2. The summed E-state index contributed by atoms with van der Waals surface area (Å²) in [5, 5.41) is 21.1. The van der Waals surface area contributed by atoms with Crippen molar-refractivity contribution in [3.8, 4) is 0 Å². The van der Waals surface area contributed by atoms with Crippen molar-refractivity contribution in [1.82, 2.24) is 0 Å². The molecule has 0 heterocycles. The van der Waals surface area contributed by atoms with Gasteiger partial charge in [0.15, 0.2) is 0 Å². The minimum absolute atomic E-state index is 0.265. The van der Waals surface area contributed by atoms with E-state index in [1.165, 1.54) is 0 Å². The van der Waals surface area contributed by atoms with Crippen LogP contribution >= 0.6 is 0 Å². The molecule has 0 radical (unpaired) electrons. The Morgan fingerprint density at radius 1 is 0.846 bits per heavy atom. The SMILES string of the molecule is CCCCCCc1c(C(=O)O)c(CC)c(CC)c2c(C(=O)O)cccc12. The molecule has 0 aliphatic rings. The second-order valence-electron chi connectivity index (χ2n) is 6.67. The van der Waals surface area contributed by atoms with Gasteiger partial charge < -0.3 is 10.2 Å². The third-order valence-corrected chi connectivity index (χ3v) is 5.09. The van der Waals surface area contributed by atoms with Crippen LogP contribution in [-0.2, 0) is 19.3 Å². The number of hydrogen-bond acceptors (Lipinski definition) is 2. The van der Waals surface area contributed by atoms with Gasteiger partial charge in [-0.15, -0.1) is 0 Å². The van der Waals surface area contributed by atoms with Crippen LogP contribution in [0, 0.1) is 0 Å². The molecule has 0 aliphatic heterocycles. The van der Waals surface area contributed by atoms with Crippen molar-refractivity contribution in [2.24, 2.45) is 0 Å². The van der Waals surface area contributed by atoms with Gasteiger partial charge in [-0.1, -0.05) is 52.2 Å². The molecular weight excluding hydrogens is 328 g/mol. The van der Waals surface area contributed by atoms with E-state index < -0.39 is 11.9 Å². The molecule has 0 aliphatic carbocycles. The van der Waals surface area contributed by atoms with Crippen LogP contribution in [0.3, 0.4) is 0 Å². The van der Waals surface area contributed by atoms with Gasteiger partial charge in [0, 0.05) is 0 Å². The summed E-state index contributed by atoms with van der Waals surface area (Å²) in [5.74, 6) is -1.88. The molecule has 2 aromatic rings. The number of unbranched alkanes of at least 4 members (excludes halogenated alkanes) is 3. The largest absolute Gasteiger partial charge is 0.478 e. The third kappa shape index (κ3) is 3.74. The number of carboxylic acids is 2. The van der Waals surface area contributed by atoms with Crippen molar-refractivity contribution < 1.29 is 19.8 Å². The Hall–Kier alpha value is -2.36. The molecule has 4 nitrogen and oxygen atoms in total. The van der Waals surface area contributed by atoms with Crippen LogP contribution in [0.4, 0.5) is 0 Å². The molecule has 140 valence electrons. The fraction of sp³-hybridized carbons (Fsp3) is 0.455. The third-order valence-electron chi connectivity index (χ3n) is 5.09. The van der Waals surface area contributed by atoms with Crippen LogP contribution in [0.5, 0.6) is 0 Å². The van der Waals surface area contributed by atoms with Crippen LogP contribution < -0.4 is 0 Å². The van der Waals surface area contributed by atoms with E-state index in [4.69, 9.17) is 0 Å². The summed E-state index contributed by atoms with van der Waals surface area (Å²) < 4.78 is 0. The molecule has 0 bridgehead atoms. The van der Waals surface area contributed by atoms with E-state index in [0.717, 1.165) is 53.1 Å². The smallest absolute Gasteiger partial charge is 0.336 e. The molecule has 0 spiro atoms. The number of carbonyl (C=O) groups is 2. The topological polar surface area (TPSA) is 74.6 Å². The lowest BCUT2D eigenvalue weighted by atomic mass is 9.83. The molecule has 0 saturated heterocycles. The Morgan fingerprint density at radius 2 is 1.54 bits per heavy atom. The molecule has 0 saturated carbocycles. The van der Waals surface area contributed by atoms with Gasteiger partial charge in [-0.25, -0.2) is 9.59 Å². The molecule has 26 heavy (non-hydrogen) atoms. The van der Waals surface area contributed by atoms with Crippen molar-refractivity contribution >= 4 is 22.7 Å². The first-order valence-corrected chi connectivity index (χ1v) is 9.53. The van der Waals surface area contributed by atoms with Crippen molar-refractivity contribution in [3.05, 3.63) is 46.0 Å². The molecule has 0 fully saturated rings. The normalized spacial score (nSPS) is 11.0. The standard InChI is InChI=1S/C22H28O4/c1-4-7-8-9-11-17-16-12-10-13-18(21(23)24)19(16)14(5-2)15(6-3)20(17)22(25)26/h10,12-13H,4-9,11H2,1-3H3,(H,23,24)(H,25,26). The Kier molecular flexibility index (Phi) is 6.78. The first-order chi connectivity index (χ1) is 12.5. The van der Waals surface area contributed by atoms with Gasteiger partial charge in [0.05, 0.1) is 11.1 Å². The van der Waals surface area contributed by atoms with Crippen LogP contribution in [-0.4, -0.2) is 22.2 Å². The van der Waals surface area contributed by atoms with E-state index in [1.54, 1.807) is 12.1 Å². The van der Waals surface area contributed by atoms with E-state index in [2.05, 4.69) is 6.92 Å². The highest BCUT2D eigenvalue weighted by molar-refractivity contribution is 6.09. The molecule has 0 atom stereocenters. The molecule has 2 N–H and O–H groups in total. The first-order valence-electron chi connectivity index (χ1n) is 9.53. The summed E-state index contributed by atoms with van der Waals surface area (Å²) >= 11 is 0. The van der Waals surface area contributed by atoms with Crippen LogP contribution in [0.2, 0.25) is 0 Å². The summed E-state index contributed by atoms with van der Waals surface area (Å²) in [7, 11) is 0. The van der Waals surface area contributed by atoms with E-state index in [0.29, 0.717) is 24.8 Å². The van der Waals surface area contributed by atoms with Crippen LogP contribution in [0.1, 0.15) is 83.9 Å². The summed E-state index contributed by atoms with van der Waals surface area (Å²) in [4.78, 5) is 23.9. The summed E-state index contributed by atoms with van der Waals surface area (Å²) in [5.41, 5.74) is 3.08. The monoisotopic (exact) mass is 356 g/mol. The van der Waals surface area contributed by atoms with E-state index in [-0.39, 0.29) is 5.56 Å². The molecule has 0 amide bonds. The molecule has 4 heteroatoms. The quantitative estimate of drug-likeness (QED) is 0.583. The number of hydrogen-bond donors (Lipinski definition) is 2.